The van der Waals surface area contributed by atoms with Crippen LogP contribution < -0.4 is 0 Å². The molecular formula is C19H21NO2. The Bertz CT molecular complexity index is 618. The number of ether oxygens (including phenoxy) is 1. The van der Waals surface area contributed by atoms with Crippen LogP contribution in [0.5, 0.6) is 0 Å². The van der Waals surface area contributed by atoms with E-state index < -0.39 is 6.04 Å². The van der Waals surface area contributed by atoms with Gasteiger partial charge in [-0.25, -0.2) is 4.79 Å². The highest BCUT2D eigenvalue weighted by Crippen LogP contribution is 2.09. The number of rotatable bonds is 6. The van der Waals surface area contributed by atoms with Gasteiger partial charge in [-0.1, -0.05) is 60.2 Å². The number of carbonyl (C=O) groups excluding carboxylic acids is 1. The number of nitrogens with zero attached hydrogens (tertiary/aromatic N) is 1. The van der Waals surface area contributed by atoms with E-state index in [-0.39, 0.29) is 5.97 Å². The molecule has 0 heterocycles. The highest BCUT2D eigenvalue weighted by molar-refractivity contribution is 5.84. The Morgan fingerprint density at radius 3 is 2.45 bits per heavy atom. The van der Waals surface area contributed by atoms with Gasteiger partial charge in [0.1, 0.15) is 0 Å². The van der Waals surface area contributed by atoms with Crippen LogP contribution in [0.2, 0.25) is 0 Å². The van der Waals surface area contributed by atoms with E-state index in [1.165, 1.54) is 5.56 Å². The maximum Gasteiger partial charge on any atom is 0.331 e. The van der Waals surface area contributed by atoms with Gasteiger partial charge in [-0.3, -0.25) is 4.99 Å². The van der Waals surface area contributed by atoms with E-state index in [9.17, 15) is 4.79 Å². The summed E-state index contributed by atoms with van der Waals surface area (Å²) in [6, 6.07) is 17.4. The molecule has 3 heteroatoms. The van der Waals surface area contributed by atoms with Crippen LogP contribution in [-0.2, 0) is 16.0 Å². The highest BCUT2D eigenvalue weighted by Gasteiger charge is 2.18. The largest absolute Gasteiger partial charge is 0.464 e. The third-order valence-corrected chi connectivity index (χ3v) is 3.31. The SMILES string of the molecule is CCOC(=O)[C@H](Cc1ccccc1)/N=C/c1ccc(C)cc1. The van der Waals surface area contributed by atoms with Crippen LogP contribution in [-0.4, -0.2) is 24.8 Å². The van der Waals surface area contributed by atoms with Gasteiger partial charge in [0.15, 0.2) is 6.04 Å². The van der Waals surface area contributed by atoms with E-state index in [0.717, 1.165) is 11.1 Å². The smallest absolute Gasteiger partial charge is 0.331 e. The third-order valence-electron chi connectivity index (χ3n) is 3.31. The summed E-state index contributed by atoms with van der Waals surface area (Å²) in [5.41, 5.74) is 3.25. The van der Waals surface area contributed by atoms with Crippen molar-refractivity contribution >= 4 is 12.2 Å². The van der Waals surface area contributed by atoms with Crippen molar-refractivity contribution < 1.29 is 9.53 Å². The van der Waals surface area contributed by atoms with E-state index >= 15 is 0 Å². The number of carbonyl (C=O) groups is 1. The molecule has 0 amide bonds. The lowest BCUT2D eigenvalue weighted by Crippen LogP contribution is -2.24. The number of aliphatic imine (C=N–C) groups is 1. The molecule has 114 valence electrons. The summed E-state index contributed by atoms with van der Waals surface area (Å²) < 4.78 is 5.13. The molecule has 0 saturated heterocycles. The van der Waals surface area contributed by atoms with Gasteiger partial charge in [-0.05, 0) is 25.0 Å². The predicted octanol–water partition coefficient (Wildman–Crippen LogP) is 3.59. The van der Waals surface area contributed by atoms with Crippen LogP contribution in [0, 0.1) is 6.92 Å². The molecule has 0 N–H and O–H groups in total. The molecular weight excluding hydrogens is 274 g/mol. The first kappa shape index (κ1) is 16.0. The molecule has 0 bridgehead atoms. The number of esters is 1. The number of aryl methyl sites for hydroxylation is 1. The first-order valence-electron chi connectivity index (χ1n) is 7.49. The highest BCUT2D eigenvalue weighted by atomic mass is 16.5. The van der Waals surface area contributed by atoms with Gasteiger partial charge in [0.2, 0.25) is 0 Å². The normalized spacial score (nSPS) is 12.3. The Hall–Kier alpha value is -2.42. The van der Waals surface area contributed by atoms with Crippen molar-refractivity contribution in [2.24, 2.45) is 4.99 Å². The zero-order valence-corrected chi connectivity index (χ0v) is 13.0. The van der Waals surface area contributed by atoms with Crippen molar-refractivity contribution in [3.63, 3.8) is 0 Å². The Morgan fingerprint density at radius 1 is 1.14 bits per heavy atom. The first-order chi connectivity index (χ1) is 10.7. The van der Waals surface area contributed by atoms with Crippen molar-refractivity contribution in [3.05, 3.63) is 71.3 Å². The van der Waals surface area contributed by atoms with E-state index in [1.54, 1.807) is 13.1 Å². The Kier molecular flexibility index (Phi) is 5.90. The molecule has 2 rings (SSSR count). The second-order valence-electron chi connectivity index (χ2n) is 5.15. The van der Waals surface area contributed by atoms with Crippen LogP contribution in [0.3, 0.4) is 0 Å². The number of hydrogen-bond donors (Lipinski definition) is 0. The zero-order chi connectivity index (χ0) is 15.8. The average molecular weight is 295 g/mol. The standard InChI is InChI=1S/C19H21NO2/c1-3-22-19(21)18(13-16-7-5-4-6-8-16)20-14-17-11-9-15(2)10-12-17/h4-12,14,18H,3,13H2,1-2H3/b20-14+/t18-/m0/s1. The van der Waals surface area contributed by atoms with Crippen molar-refractivity contribution in [2.75, 3.05) is 6.61 Å². The Labute approximate surface area is 131 Å². The molecule has 0 saturated carbocycles. The van der Waals surface area contributed by atoms with Crippen molar-refractivity contribution in [3.8, 4) is 0 Å². The topological polar surface area (TPSA) is 38.7 Å². The predicted molar refractivity (Wildman–Crippen MR) is 89.3 cm³/mol. The van der Waals surface area contributed by atoms with Crippen molar-refractivity contribution in [2.45, 2.75) is 26.3 Å². The average Bonchev–Trinajstić information content (AvgIpc) is 2.54. The lowest BCUT2D eigenvalue weighted by Gasteiger charge is -2.11. The summed E-state index contributed by atoms with van der Waals surface area (Å²) in [7, 11) is 0. The number of hydrogen-bond acceptors (Lipinski definition) is 3. The summed E-state index contributed by atoms with van der Waals surface area (Å²) in [6.45, 7) is 4.21. The van der Waals surface area contributed by atoms with Crippen LogP contribution in [0.1, 0.15) is 23.6 Å². The third kappa shape index (κ3) is 4.85. The lowest BCUT2D eigenvalue weighted by molar-refractivity contribution is -0.144. The van der Waals surface area contributed by atoms with Gasteiger partial charge < -0.3 is 4.74 Å². The summed E-state index contributed by atoms with van der Waals surface area (Å²) in [4.78, 5) is 16.5. The number of benzene rings is 2. The second-order valence-corrected chi connectivity index (χ2v) is 5.15. The molecule has 0 aliphatic heterocycles. The fourth-order valence-electron chi connectivity index (χ4n) is 2.10. The van der Waals surface area contributed by atoms with E-state index in [2.05, 4.69) is 4.99 Å². The zero-order valence-electron chi connectivity index (χ0n) is 13.0. The summed E-state index contributed by atoms with van der Waals surface area (Å²) >= 11 is 0. The molecule has 3 nitrogen and oxygen atoms in total. The minimum absolute atomic E-state index is 0.283. The fraction of sp³-hybridized carbons (Fsp3) is 0.263. The minimum atomic E-state index is -0.511. The Morgan fingerprint density at radius 2 is 1.82 bits per heavy atom. The maximum absolute atomic E-state index is 12.1. The van der Waals surface area contributed by atoms with E-state index in [0.29, 0.717) is 13.0 Å². The molecule has 0 aliphatic rings. The van der Waals surface area contributed by atoms with Crippen LogP contribution in [0.25, 0.3) is 0 Å². The molecule has 0 unspecified atom stereocenters. The molecule has 0 spiro atoms. The van der Waals surface area contributed by atoms with Gasteiger partial charge in [0.05, 0.1) is 6.61 Å². The van der Waals surface area contributed by atoms with Gasteiger partial charge in [0, 0.05) is 12.6 Å². The van der Waals surface area contributed by atoms with Crippen molar-refractivity contribution in [1.82, 2.24) is 0 Å². The molecule has 0 fully saturated rings. The van der Waals surface area contributed by atoms with E-state index in [1.807, 2.05) is 61.5 Å². The minimum Gasteiger partial charge on any atom is -0.464 e. The molecule has 0 radical (unpaired) electrons. The summed E-state index contributed by atoms with van der Waals surface area (Å²) in [5, 5.41) is 0. The molecule has 0 aromatic heterocycles. The first-order valence-corrected chi connectivity index (χ1v) is 7.49. The molecule has 2 aromatic carbocycles. The second kappa shape index (κ2) is 8.13. The molecule has 22 heavy (non-hydrogen) atoms. The monoisotopic (exact) mass is 295 g/mol. The van der Waals surface area contributed by atoms with Crippen molar-refractivity contribution in [1.29, 1.82) is 0 Å². The fourth-order valence-corrected chi connectivity index (χ4v) is 2.10. The van der Waals surface area contributed by atoms with Crippen LogP contribution in [0.4, 0.5) is 0 Å². The Balaban J connectivity index is 2.13. The van der Waals surface area contributed by atoms with Gasteiger partial charge in [0.25, 0.3) is 0 Å². The van der Waals surface area contributed by atoms with Crippen LogP contribution in [0.15, 0.2) is 59.6 Å². The van der Waals surface area contributed by atoms with E-state index in [4.69, 9.17) is 4.74 Å². The quantitative estimate of drug-likeness (QED) is 0.603. The molecule has 0 aliphatic carbocycles. The van der Waals surface area contributed by atoms with Crippen LogP contribution >= 0.6 is 0 Å². The summed E-state index contributed by atoms with van der Waals surface area (Å²) in [6.07, 6.45) is 2.28. The maximum atomic E-state index is 12.1. The van der Waals surface area contributed by atoms with Gasteiger partial charge >= 0.3 is 5.97 Å². The van der Waals surface area contributed by atoms with Gasteiger partial charge in [-0.15, -0.1) is 0 Å². The summed E-state index contributed by atoms with van der Waals surface area (Å²) in [5.74, 6) is -0.283. The lowest BCUT2D eigenvalue weighted by atomic mass is 10.1. The van der Waals surface area contributed by atoms with Gasteiger partial charge in [-0.2, -0.15) is 0 Å². The molecule has 1 atom stereocenters. The molecule has 2 aromatic rings.